The Morgan fingerprint density at radius 1 is 1.57 bits per heavy atom. The van der Waals surface area contributed by atoms with Crippen molar-refractivity contribution >= 4 is 17.4 Å². The molecule has 0 saturated heterocycles. The molecule has 1 heterocycles. The summed E-state index contributed by atoms with van der Waals surface area (Å²) in [5.41, 5.74) is 0. The van der Waals surface area contributed by atoms with Gasteiger partial charge in [-0.05, 0) is 6.07 Å². The highest BCUT2D eigenvalue weighted by atomic mass is 35.5. The molecule has 78 valence electrons. The van der Waals surface area contributed by atoms with E-state index in [0.29, 0.717) is 0 Å². The standard InChI is InChI=1S/C8H8ClF3N2/c1-14(4-7(11)12)8-6(10)2-5(9)3-13-8/h2-3,7H,4H2,1H3. The van der Waals surface area contributed by atoms with Crippen LogP contribution in [0.4, 0.5) is 19.0 Å². The third-order valence-electron chi connectivity index (χ3n) is 1.56. The molecule has 0 aliphatic rings. The van der Waals surface area contributed by atoms with Crippen LogP contribution in [-0.2, 0) is 0 Å². The summed E-state index contributed by atoms with van der Waals surface area (Å²) in [6, 6.07) is 1.03. The van der Waals surface area contributed by atoms with Gasteiger partial charge in [-0.3, -0.25) is 0 Å². The van der Waals surface area contributed by atoms with Crippen molar-refractivity contribution < 1.29 is 13.2 Å². The first-order chi connectivity index (χ1) is 6.50. The van der Waals surface area contributed by atoms with E-state index in [4.69, 9.17) is 11.6 Å². The van der Waals surface area contributed by atoms with Crippen LogP contribution in [-0.4, -0.2) is 25.0 Å². The summed E-state index contributed by atoms with van der Waals surface area (Å²) in [5.74, 6) is -0.838. The quantitative estimate of drug-likeness (QED) is 0.785. The van der Waals surface area contributed by atoms with Gasteiger partial charge in [-0.1, -0.05) is 11.6 Å². The van der Waals surface area contributed by atoms with Crippen LogP contribution < -0.4 is 4.90 Å². The lowest BCUT2D eigenvalue weighted by molar-refractivity contribution is 0.156. The molecule has 0 atom stereocenters. The fourth-order valence-electron chi connectivity index (χ4n) is 0.982. The number of alkyl halides is 2. The molecule has 2 nitrogen and oxygen atoms in total. The smallest absolute Gasteiger partial charge is 0.255 e. The summed E-state index contributed by atoms with van der Waals surface area (Å²) in [7, 11) is 1.34. The lowest BCUT2D eigenvalue weighted by Gasteiger charge is -2.17. The zero-order chi connectivity index (χ0) is 10.7. The van der Waals surface area contributed by atoms with Crippen molar-refractivity contribution in [3.05, 3.63) is 23.1 Å². The Hall–Kier alpha value is -0.970. The number of hydrogen-bond donors (Lipinski definition) is 0. The van der Waals surface area contributed by atoms with Gasteiger partial charge in [-0.15, -0.1) is 0 Å². The Labute approximate surface area is 84.3 Å². The van der Waals surface area contributed by atoms with Gasteiger partial charge in [0.25, 0.3) is 6.43 Å². The van der Waals surface area contributed by atoms with Crippen LogP contribution in [0.5, 0.6) is 0 Å². The maximum Gasteiger partial charge on any atom is 0.255 e. The van der Waals surface area contributed by atoms with Crippen LogP contribution in [0.3, 0.4) is 0 Å². The Balaban J connectivity index is 2.84. The van der Waals surface area contributed by atoms with E-state index in [1.54, 1.807) is 0 Å². The van der Waals surface area contributed by atoms with E-state index in [2.05, 4.69) is 4.98 Å². The molecule has 0 saturated carbocycles. The summed E-state index contributed by atoms with van der Waals surface area (Å²) < 4.78 is 37.0. The molecule has 1 aromatic heterocycles. The van der Waals surface area contributed by atoms with E-state index in [-0.39, 0.29) is 10.8 Å². The predicted molar refractivity (Wildman–Crippen MR) is 48.5 cm³/mol. The van der Waals surface area contributed by atoms with Crippen LogP contribution in [0.1, 0.15) is 0 Å². The molecule has 1 aromatic rings. The van der Waals surface area contributed by atoms with E-state index < -0.39 is 18.8 Å². The van der Waals surface area contributed by atoms with Crippen molar-refractivity contribution in [1.82, 2.24) is 4.98 Å². The SMILES string of the molecule is CN(CC(F)F)c1ncc(Cl)cc1F. The Morgan fingerprint density at radius 3 is 2.71 bits per heavy atom. The highest BCUT2D eigenvalue weighted by Crippen LogP contribution is 2.18. The number of anilines is 1. The number of rotatable bonds is 3. The number of halogens is 4. The third kappa shape index (κ3) is 2.77. The molecule has 0 unspecified atom stereocenters. The second kappa shape index (κ2) is 4.50. The van der Waals surface area contributed by atoms with Crippen LogP contribution in [0.25, 0.3) is 0 Å². The van der Waals surface area contributed by atoms with Gasteiger partial charge in [0, 0.05) is 13.2 Å². The van der Waals surface area contributed by atoms with E-state index in [1.165, 1.54) is 13.2 Å². The number of pyridine rings is 1. The zero-order valence-corrected chi connectivity index (χ0v) is 8.10. The molecular weight excluding hydrogens is 217 g/mol. The molecule has 0 fully saturated rings. The van der Waals surface area contributed by atoms with Crippen LogP contribution in [0.2, 0.25) is 5.02 Å². The van der Waals surface area contributed by atoms with Crippen molar-refractivity contribution in [3.63, 3.8) is 0 Å². The van der Waals surface area contributed by atoms with Gasteiger partial charge in [0.05, 0.1) is 11.6 Å². The van der Waals surface area contributed by atoms with Crippen LogP contribution in [0.15, 0.2) is 12.3 Å². The van der Waals surface area contributed by atoms with Crippen molar-refractivity contribution in [1.29, 1.82) is 0 Å². The summed E-state index contributed by atoms with van der Waals surface area (Å²) in [6.07, 6.45) is -1.32. The van der Waals surface area contributed by atoms with E-state index >= 15 is 0 Å². The van der Waals surface area contributed by atoms with Crippen molar-refractivity contribution in [2.75, 3.05) is 18.5 Å². The van der Waals surface area contributed by atoms with Gasteiger partial charge < -0.3 is 4.90 Å². The second-order valence-electron chi connectivity index (χ2n) is 2.73. The van der Waals surface area contributed by atoms with E-state index in [0.717, 1.165) is 11.0 Å². The van der Waals surface area contributed by atoms with Crippen molar-refractivity contribution in [2.24, 2.45) is 0 Å². The van der Waals surface area contributed by atoms with Gasteiger partial charge in [0.15, 0.2) is 11.6 Å². The first kappa shape index (κ1) is 11.1. The predicted octanol–water partition coefficient (Wildman–Crippen LogP) is 2.58. The summed E-state index contributed by atoms with van der Waals surface area (Å²) in [6.45, 7) is -0.564. The first-order valence-electron chi connectivity index (χ1n) is 3.81. The molecule has 6 heteroatoms. The summed E-state index contributed by atoms with van der Waals surface area (Å²) >= 11 is 5.46. The van der Waals surface area contributed by atoms with Gasteiger partial charge in [0.2, 0.25) is 0 Å². The Kier molecular flexibility index (Phi) is 3.57. The lowest BCUT2D eigenvalue weighted by Crippen LogP contribution is -2.25. The molecule has 0 radical (unpaired) electrons. The lowest BCUT2D eigenvalue weighted by atomic mass is 10.4. The molecule has 0 N–H and O–H groups in total. The molecule has 1 rings (SSSR count). The minimum atomic E-state index is -2.53. The Bertz CT molecular complexity index is 319. The topological polar surface area (TPSA) is 16.1 Å². The molecule has 0 aromatic carbocycles. The molecular formula is C8H8ClF3N2. The monoisotopic (exact) mass is 224 g/mol. The largest absolute Gasteiger partial charge is 0.352 e. The van der Waals surface area contributed by atoms with Crippen LogP contribution in [0, 0.1) is 5.82 Å². The molecule has 0 aliphatic carbocycles. The van der Waals surface area contributed by atoms with Crippen molar-refractivity contribution in [3.8, 4) is 0 Å². The van der Waals surface area contributed by atoms with Gasteiger partial charge in [0.1, 0.15) is 0 Å². The van der Waals surface area contributed by atoms with Gasteiger partial charge >= 0.3 is 0 Å². The minimum Gasteiger partial charge on any atom is -0.352 e. The molecule has 14 heavy (non-hydrogen) atoms. The highest BCUT2D eigenvalue weighted by molar-refractivity contribution is 6.30. The minimum absolute atomic E-state index is 0.130. The zero-order valence-electron chi connectivity index (χ0n) is 7.35. The van der Waals surface area contributed by atoms with Gasteiger partial charge in [-0.2, -0.15) is 0 Å². The molecule has 0 spiro atoms. The average Bonchev–Trinajstić information content (AvgIpc) is 2.01. The normalized spacial score (nSPS) is 10.7. The maximum absolute atomic E-state index is 13.1. The summed E-state index contributed by atoms with van der Waals surface area (Å²) in [4.78, 5) is 4.65. The summed E-state index contributed by atoms with van der Waals surface area (Å²) in [5, 5.41) is 0.136. The van der Waals surface area contributed by atoms with Crippen molar-refractivity contribution in [2.45, 2.75) is 6.43 Å². The number of aromatic nitrogens is 1. The molecule has 0 bridgehead atoms. The molecule has 0 aliphatic heterocycles. The van der Waals surface area contributed by atoms with Crippen LogP contribution >= 0.6 is 11.6 Å². The number of nitrogens with zero attached hydrogens (tertiary/aromatic N) is 2. The number of hydrogen-bond acceptors (Lipinski definition) is 2. The highest BCUT2D eigenvalue weighted by Gasteiger charge is 2.13. The molecule has 0 amide bonds. The van der Waals surface area contributed by atoms with E-state index in [9.17, 15) is 13.2 Å². The second-order valence-corrected chi connectivity index (χ2v) is 3.17. The van der Waals surface area contributed by atoms with Gasteiger partial charge in [-0.25, -0.2) is 18.2 Å². The Morgan fingerprint density at radius 2 is 2.21 bits per heavy atom. The average molecular weight is 225 g/mol. The fourth-order valence-corrected chi connectivity index (χ4v) is 1.13. The first-order valence-corrected chi connectivity index (χ1v) is 4.19. The van der Waals surface area contributed by atoms with E-state index in [1.807, 2.05) is 0 Å². The third-order valence-corrected chi connectivity index (χ3v) is 1.77. The maximum atomic E-state index is 13.1. The fraction of sp³-hybridized carbons (Fsp3) is 0.375.